The van der Waals surface area contributed by atoms with E-state index in [1.54, 1.807) is 24.5 Å². The third kappa shape index (κ3) is 3.96. The van der Waals surface area contributed by atoms with Gasteiger partial charge in [-0.3, -0.25) is 9.78 Å². The summed E-state index contributed by atoms with van der Waals surface area (Å²) in [6, 6.07) is 18.8. The number of nitrogens with zero attached hydrogens (tertiary/aromatic N) is 1. The molecule has 0 fully saturated rings. The monoisotopic (exact) mass is 388 g/mol. The normalized spacial score (nSPS) is 13.2. The van der Waals surface area contributed by atoms with Crippen LogP contribution in [0.2, 0.25) is 0 Å². The molecule has 1 heterocycles. The average molecular weight is 388 g/mol. The molecule has 0 aliphatic heterocycles. The number of fused-ring (bicyclic) bond motifs is 3. The molecule has 0 spiro atoms. The Morgan fingerprint density at radius 1 is 0.966 bits per heavy atom. The lowest BCUT2D eigenvalue weighted by molar-refractivity contribution is -0.137. The smallest absolute Gasteiger partial charge is 0.407 e. The first-order chi connectivity index (χ1) is 14.1. The SMILES string of the molecule is O=C(O)CC(NC(=O)OCC1c2ccccc2-c2ccccc21)c1ccncc1. The highest BCUT2D eigenvalue weighted by Crippen LogP contribution is 2.44. The first-order valence-electron chi connectivity index (χ1n) is 9.36. The predicted molar refractivity (Wildman–Crippen MR) is 107 cm³/mol. The van der Waals surface area contributed by atoms with Gasteiger partial charge in [0.15, 0.2) is 0 Å². The van der Waals surface area contributed by atoms with Crippen LogP contribution in [0.1, 0.15) is 35.1 Å². The summed E-state index contributed by atoms with van der Waals surface area (Å²) in [7, 11) is 0. The van der Waals surface area contributed by atoms with Gasteiger partial charge in [0.25, 0.3) is 0 Å². The van der Waals surface area contributed by atoms with Crippen LogP contribution in [0.3, 0.4) is 0 Å². The quantitative estimate of drug-likeness (QED) is 0.663. The Hall–Kier alpha value is -3.67. The van der Waals surface area contributed by atoms with E-state index in [0.717, 1.165) is 22.3 Å². The molecule has 29 heavy (non-hydrogen) atoms. The van der Waals surface area contributed by atoms with Gasteiger partial charge in [-0.25, -0.2) is 4.79 Å². The number of pyridine rings is 1. The summed E-state index contributed by atoms with van der Waals surface area (Å²) in [6.07, 6.45) is 2.23. The molecule has 4 rings (SSSR count). The van der Waals surface area contributed by atoms with Crippen LogP contribution in [0.25, 0.3) is 11.1 Å². The number of carboxylic acid groups (broad SMARTS) is 1. The average Bonchev–Trinajstić information content (AvgIpc) is 3.06. The van der Waals surface area contributed by atoms with Crippen LogP contribution < -0.4 is 5.32 Å². The number of aromatic nitrogens is 1. The van der Waals surface area contributed by atoms with Crippen molar-refractivity contribution in [3.63, 3.8) is 0 Å². The molecule has 3 aromatic rings. The fourth-order valence-electron chi connectivity index (χ4n) is 3.80. The van der Waals surface area contributed by atoms with Gasteiger partial charge in [0.2, 0.25) is 0 Å². The topological polar surface area (TPSA) is 88.5 Å². The maximum absolute atomic E-state index is 12.4. The summed E-state index contributed by atoms with van der Waals surface area (Å²) in [6.45, 7) is 0.177. The van der Waals surface area contributed by atoms with Crippen molar-refractivity contribution in [1.29, 1.82) is 0 Å². The number of aliphatic carboxylic acids is 1. The molecule has 6 nitrogen and oxygen atoms in total. The molecule has 0 saturated heterocycles. The van der Waals surface area contributed by atoms with Crippen LogP contribution in [-0.4, -0.2) is 28.8 Å². The highest BCUT2D eigenvalue weighted by atomic mass is 16.5. The van der Waals surface area contributed by atoms with Crippen molar-refractivity contribution in [2.75, 3.05) is 6.61 Å². The molecule has 1 aliphatic rings. The molecule has 2 N–H and O–H groups in total. The van der Waals surface area contributed by atoms with Gasteiger partial charge < -0.3 is 15.2 Å². The van der Waals surface area contributed by atoms with Crippen LogP contribution >= 0.6 is 0 Å². The number of rotatable bonds is 6. The van der Waals surface area contributed by atoms with E-state index in [1.807, 2.05) is 36.4 Å². The van der Waals surface area contributed by atoms with Gasteiger partial charge in [0.1, 0.15) is 6.61 Å². The van der Waals surface area contributed by atoms with E-state index in [2.05, 4.69) is 22.4 Å². The van der Waals surface area contributed by atoms with Crippen molar-refractivity contribution < 1.29 is 19.4 Å². The zero-order valence-corrected chi connectivity index (χ0v) is 15.6. The first-order valence-corrected chi connectivity index (χ1v) is 9.36. The summed E-state index contributed by atoms with van der Waals surface area (Å²) >= 11 is 0. The Kier molecular flexibility index (Phi) is 5.24. The molecule has 0 radical (unpaired) electrons. The summed E-state index contributed by atoms with van der Waals surface area (Å²) in [4.78, 5) is 27.6. The molecular formula is C23H20N2O4. The molecule has 1 atom stereocenters. The number of benzene rings is 2. The lowest BCUT2D eigenvalue weighted by Gasteiger charge is -2.19. The molecular weight excluding hydrogens is 368 g/mol. The number of hydrogen-bond donors (Lipinski definition) is 2. The van der Waals surface area contributed by atoms with E-state index in [-0.39, 0.29) is 18.9 Å². The molecule has 1 aromatic heterocycles. The summed E-state index contributed by atoms with van der Waals surface area (Å²) in [5, 5.41) is 11.8. The van der Waals surface area contributed by atoms with Crippen LogP contribution in [0.4, 0.5) is 4.79 Å². The van der Waals surface area contributed by atoms with E-state index in [4.69, 9.17) is 4.74 Å². The van der Waals surface area contributed by atoms with Crippen LogP contribution in [-0.2, 0) is 9.53 Å². The van der Waals surface area contributed by atoms with Crippen molar-refractivity contribution in [1.82, 2.24) is 10.3 Å². The fourth-order valence-corrected chi connectivity index (χ4v) is 3.80. The Balaban J connectivity index is 1.47. The second-order valence-corrected chi connectivity index (χ2v) is 6.90. The second-order valence-electron chi connectivity index (χ2n) is 6.90. The largest absolute Gasteiger partial charge is 0.481 e. The van der Waals surface area contributed by atoms with E-state index < -0.39 is 18.1 Å². The van der Waals surface area contributed by atoms with Crippen molar-refractivity contribution in [3.05, 3.63) is 89.7 Å². The fraction of sp³-hybridized carbons (Fsp3) is 0.174. The van der Waals surface area contributed by atoms with Crippen LogP contribution in [0.5, 0.6) is 0 Å². The van der Waals surface area contributed by atoms with Crippen LogP contribution in [0, 0.1) is 0 Å². The highest BCUT2D eigenvalue weighted by molar-refractivity contribution is 5.79. The number of ether oxygens (including phenoxy) is 1. The minimum absolute atomic E-state index is 0.0491. The number of carbonyl (C=O) groups excluding carboxylic acids is 1. The standard InChI is InChI=1S/C23H20N2O4/c26-22(27)13-21(15-9-11-24-12-10-15)25-23(28)29-14-20-18-7-3-1-5-16(18)17-6-2-4-8-19(17)20/h1-12,20-21H,13-14H2,(H,25,28)(H,26,27). The van der Waals surface area contributed by atoms with Crippen molar-refractivity contribution in [2.45, 2.75) is 18.4 Å². The zero-order chi connectivity index (χ0) is 20.2. The highest BCUT2D eigenvalue weighted by Gasteiger charge is 2.29. The van der Waals surface area contributed by atoms with E-state index >= 15 is 0 Å². The summed E-state index contributed by atoms with van der Waals surface area (Å²) in [5.74, 6) is -1.06. The molecule has 2 aromatic carbocycles. The van der Waals surface area contributed by atoms with Gasteiger partial charge in [-0.1, -0.05) is 48.5 Å². The van der Waals surface area contributed by atoms with E-state index in [1.165, 1.54) is 0 Å². The zero-order valence-electron chi connectivity index (χ0n) is 15.6. The Labute approximate surface area is 168 Å². The maximum Gasteiger partial charge on any atom is 0.407 e. The lowest BCUT2D eigenvalue weighted by atomic mass is 9.98. The molecule has 0 saturated carbocycles. The number of carbonyl (C=O) groups is 2. The number of amides is 1. The van der Waals surface area contributed by atoms with Gasteiger partial charge in [-0.05, 0) is 39.9 Å². The molecule has 6 heteroatoms. The minimum Gasteiger partial charge on any atom is -0.481 e. The molecule has 146 valence electrons. The second kappa shape index (κ2) is 8.14. The molecule has 1 unspecified atom stereocenters. The third-order valence-electron chi connectivity index (χ3n) is 5.12. The van der Waals surface area contributed by atoms with Crippen LogP contribution in [0.15, 0.2) is 73.1 Å². The van der Waals surface area contributed by atoms with Gasteiger partial charge in [-0.15, -0.1) is 0 Å². The van der Waals surface area contributed by atoms with E-state index in [9.17, 15) is 14.7 Å². The van der Waals surface area contributed by atoms with Crippen molar-refractivity contribution in [3.8, 4) is 11.1 Å². The number of hydrogen-bond acceptors (Lipinski definition) is 4. The van der Waals surface area contributed by atoms with Crippen molar-refractivity contribution in [2.24, 2.45) is 0 Å². The third-order valence-corrected chi connectivity index (χ3v) is 5.12. The van der Waals surface area contributed by atoms with Crippen molar-refractivity contribution >= 4 is 12.1 Å². The maximum atomic E-state index is 12.4. The molecule has 1 aliphatic carbocycles. The number of carboxylic acids is 1. The summed E-state index contributed by atoms with van der Waals surface area (Å²) in [5.41, 5.74) is 5.21. The Morgan fingerprint density at radius 2 is 1.55 bits per heavy atom. The van der Waals surface area contributed by atoms with Gasteiger partial charge in [-0.2, -0.15) is 0 Å². The Morgan fingerprint density at radius 3 is 2.14 bits per heavy atom. The summed E-state index contributed by atoms with van der Waals surface area (Å²) < 4.78 is 5.51. The number of alkyl carbamates (subject to hydrolysis) is 1. The van der Waals surface area contributed by atoms with Gasteiger partial charge in [0.05, 0.1) is 12.5 Å². The van der Waals surface area contributed by atoms with Gasteiger partial charge >= 0.3 is 12.1 Å². The number of nitrogens with one attached hydrogen (secondary N) is 1. The Bertz CT molecular complexity index is 990. The first kappa shape index (κ1) is 18.7. The lowest BCUT2D eigenvalue weighted by Crippen LogP contribution is -2.31. The van der Waals surface area contributed by atoms with E-state index in [0.29, 0.717) is 5.56 Å². The minimum atomic E-state index is -1.01. The van der Waals surface area contributed by atoms with Gasteiger partial charge in [0, 0.05) is 18.3 Å². The molecule has 1 amide bonds. The molecule has 0 bridgehead atoms. The predicted octanol–water partition coefficient (Wildman–Crippen LogP) is 4.14.